The summed E-state index contributed by atoms with van der Waals surface area (Å²) in [5, 5.41) is 0. The number of ether oxygens (including phenoxy) is 1. The molecule has 4 nitrogen and oxygen atoms in total. The van der Waals surface area contributed by atoms with Crippen LogP contribution in [0.3, 0.4) is 0 Å². The Morgan fingerprint density at radius 1 is 1.47 bits per heavy atom. The summed E-state index contributed by atoms with van der Waals surface area (Å²) in [6.07, 6.45) is 3.42. The van der Waals surface area contributed by atoms with Crippen LogP contribution in [0.5, 0.6) is 0 Å². The van der Waals surface area contributed by atoms with E-state index in [9.17, 15) is 4.79 Å². The molecule has 17 heavy (non-hydrogen) atoms. The Kier molecular flexibility index (Phi) is 4.32. The van der Waals surface area contributed by atoms with Crippen molar-refractivity contribution in [1.29, 1.82) is 0 Å². The minimum Gasteiger partial charge on any atom is -0.461 e. The molecule has 1 rings (SSSR count). The zero-order valence-electron chi connectivity index (χ0n) is 11.4. The molecule has 0 unspecified atom stereocenters. The highest BCUT2D eigenvalue weighted by Crippen LogP contribution is 2.16. The second-order valence-corrected chi connectivity index (χ2v) is 5.98. The van der Waals surface area contributed by atoms with Gasteiger partial charge in [0.15, 0.2) is 5.69 Å². The van der Waals surface area contributed by atoms with Gasteiger partial charge in [0.2, 0.25) is 0 Å². The van der Waals surface area contributed by atoms with E-state index in [1.54, 1.807) is 12.5 Å². The molecule has 0 aliphatic carbocycles. The molecule has 0 radical (unpaired) electrons. The van der Waals surface area contributed by atoms with E-state index in [0.717, 1.165) is 6.54 Å². The van der Waals surface area contributed by atoms with E-state index in [1.165, 1.54) is 0 Å². The molecule has 0 amide bonds. The van der Waals surface area contributed by atoms with Crippen LogP contribution < -0.4 is 0 Å². The molecule has 96 valence electrons. The van der Waals surface area contributed by atoms with Crippen molar-refractivity contribution in [3.63, 3.8) is 0 Å². The maximum Gasteiger partial charge on any atom is 0.358 e. The third-order valence-electron chi connectivity index (χ3n) is 2.05. The van der Waals surface area contributed by atoms with Crippen molar-refractivity contribution < 1.29 is 9.53 Å². The second kappa shape index (κ2) is 5.34. The Morgan fingerprint density at radius 2 is 2.12 bits per heavy atom. The molecule has 1 aromatic rings. The van der Waals surface area contributed by atoms with Crippen LogP contribution in [0.2, 0.25) is 0 Å². The minimum absolute atomic E-state index is 0.166. The number of esters is 1. The van der Waals surface area contributed by atoms with Crippen molar-refractivity contribution in [1.82, 2.24) is 9.55 Å². The van der Waals surface area contributed by atoms with Gasteiger partial charge < -0.3 is 9.30 Å². The average molecular weight is 238 g/mol. The molecule has 0 fully saturated rings. The Hall–Kier alpha value is -1.32. The van der Waals surface area contributed by atoms with E-state index in [-0.39, 0.29) is 11.4 Å². The lowest BCUT2D eigenvalue weighted by Crippen LogP contribution is -2.14. The van der Waals surface area contributed by atoms with Crippen molar-refractivity contribution in [3.8, 4) is 0 Å². The predicted molar refractivity (Wildman–Crippen MR) is 66.8 cm³/mol. The standard InChI is InChI=1S/C13H22N2O2/c1-10(2)7-17-12(16)11-6-15(9-14-11)8-13(3,4)5/h6,9-10H,7-8H2,1-5H3. The van der Waals surface area contributed by atoms with E-state index < -0.39 is 0 Å². The zero-order valence-corrected chi connectivity index (χ0v) is 11.4. The Balaban J connectivity index is 2.58. The number of carbonyl (C=O) groups excluding carboxylic acids is 1. The quantitative estimate of drug-likeness (QED) is 0.758. The van der Waals surface area contributed by atoms with Gasteiger partial charge in [0, 0.05) is 12.7 Å². The molecular formula is C13H22N2O2. The smallest absolute Gasteiger partial charge is 0.358 e. The van der Waals surface area contributed by atoms with E-state index in [0.29, 0.717) is 18.2 Å². The van der Waals surface area contributed by atoms with Crippen molar-refractivity contribution in [3.05, 3.63) is 18.2 Å². The van der Waals surface area contributed by atoms with Gasteiger partial charge in [-0.25, -0.2) is 9.78 Å². The summed E-state index contributed by atoms with van der Waals surface area (Å²) in [5.41, 5.74) is 0.551. The first kappa shape index (κ1) is 13.7. The summed E-state index contributed by atoms with van der Waals surface area (Å²) in [6, 6.07) is 0. The van der Waals surface area contributed by atoms with Crippen LogP contribution >= 0.6 is 0 Å². The summed E-state index contributed by atoms with van der Waals surface area (Å²) in [4.78, 5) is 15.7. The van der Waals surface area contributed by atoms with Gasteiger partial charge in [-0.3, -0.25) is 0 Å². The predicted octanol–water partition coefficient (Wildman–Crippen LogP) is 2.74. The largest absolute Gasteiger partial charge is 0.461 e. The second-order valence-electron chi connectivity index (χ2n) is 5.98. The average Bonchev–Trinajstić information content (AvgIpc) is 2.59. The first-order valence-electron chi connectivity index (χ1n) is 5.97. The first-order valence-corrected chi connectivity index (χ1v) is 5.97. The van der Waals surface area contributed by atoms with Crippen LogP contribution in [-0.2, 0) is 11.3 Å². The van der Waals surface area contributed by atoms with Gasteiger partial charge in [-0.05, 0) is 11.3 Å². The van der Waals surface area contributed by atoms with E-state index in [4.69, 9.17) is 4.74 Å². The highest BCUT2D eigenvalue weighted by Gasteiger charge is 2.15. The maximum atomic E-state index is 11.6. The van der Waals surface area contributed by atoms with Crippen LogP contribution in [0, 0.1) is 11.3 Å². The van der Waals surface area contributed by atoms with E-state index in [1.807, 2.05) is 18.4 Å². The molecule has 0 aliphatic rings. The number of aromatic nitrogens is 2. The maximum absolute atomic E-state index is 11.6. The summed E-state index contributed by atoms with van der Waals surface area (Å²) in [7, 11) is 0. The molecule has 0 saturated heterocycles. The summed E-state index contributed by atoms with van der Waals surface area (Å²) < 4.78 is 7.04. The lowest BCUT2D eigenvalue weighted by molar-refractivity contribution is 0.0452. The van der Waals surface area contributed by atoms with Gasteiger partial charge in [0.1, 0.15) is 0 Å². The number of rotatable bonds is 4. The SMILES string of the molecule is CC(C)COC(=O)c1cn(CC(C)(C)C)cn1. The lowest BCUT2D eigenvalue weighted by atomic mass is 9.97. The first-order chi connectivity index (χ1) is 7.78. The monoisotopic (exact) mass is 238 g/mol. The highest BCUT2D eigenvalue weighted by atomic mass is 16.5. The normalized spacial score (nSPS) is 11.9. The third-order valence-corrected chi connectivity index (χ3v) is 2.05. The summed E-state index contributed by atoms with van der Waals surface area (Å²) in [5.74, 6) is 0.00182. The fourth-order valence-corrected chi connectivity index (χ4v) is 1.42. The van der Waals surface area contributed by atoms with Gasteiger partial charge in [0.25, 0.3) is 0 Å². The van der Waals surface area contributed by atoms with Crippen molar-refractivity contribution in [2.24, 2.45) is 11.3 Å². The van der Waals surface area contributed by atoms with Gasteiger partial charge >= 0.3 is 5.97 Å². The molecular weight excluding hydrogens is 216 g/mol. The van der Waals surface area contributed by atoms with Crippen LogP contribution in [0.15, 0.2) is 12.5 Å². The fraction of sp³-hybridized carbons (Fsp3) is 0.692. The summed E-state index contributed by atoms with van der Waals surface area (Å²) >= 11 is 0. The molecule has 1 heterocycles. The third kappa shape index (κ3) is 5.02. The van der Waals surface area contributed by atoms with Crippen molar-refractivity contribution in [2.75, 3.05) is 6.61 Å². The molecule has 4 heteroatoms. The van der Waals surface area contributed by atoms with Crippen LogP contribution in [0.4, 0.5) is 0 Å². The number of hydrogen-bond acceptors (Lipinski definition) is 3. The molecule has 0 atom stereocenters. The van der Waals surface area contributed by atoms with Crippen molar-refractivity contribution >= 4 is 5.97 Å². The van der Waals surface area contributed by atoms with E-state index in [2.05, 4.69) is 25.8 Å². The van der Waals surface area contributed by atoms with Crippen LogP contribution in [0.25, 0.3) is 0 Å². The number of hydrogen-bond donors (Lipinski definition) is 0. The Labute approximate surface area is 103 Å². The molecule has 0 saturated carbocycles. The number of imidazole rings is 1. The van der Waals surface area contributed by atoms with E-state index >= 15 is 0 Å². The summed E-state index contributed by atoms with van der Waals surface area (Å²) in [6.45, 7) is 11.7. The molecule has 0 aliphatic heterocycles. The highest BCUT2D eigenvalue weighted by molar-refractivity contribution is 5.86. The number of carbonyl (C=O) groups is 1. The Morgan fingerprint density at radius 3 is 2.65 bits per heavy atom. The number of nitrogens with zero attached hydrogens (tertiary/aromatic N) is 2. The zero-order chi connectivity index (χ0) is 13.1. The minimum atomic E-state index is -0.341. The molecule has 0 N–H and O–H groups in total. The topological polar surface area (TPSA) is 44.1 Å². The van der Waals surface area contributed by atoms with Crippen LogP contribution in [0.1, 0.15) is 45.1 Å². The fourth-order valence-electron chi connectivity index (χ4n) is 1.42. The Bertz CT molecular complexity index is 375. The molecule has 0 bridgehead atoms. The van der Waals surface area contributed by atoms with Gasteiger partial charge in [-0.2, -0.15) is 0 Å². The molecule has 0 aromatic carbocycles. The van der Waals surface area contributed by atoms with Gasteiger partial charge in [0.05, 0.1) is 12.9 Å². The molecule has 1 aromatic heterocycles. The lowest BCUT2D eigenvalue weighted by Gasteiger charge is -2.18. The van der Waals surface area contributed by atoms with Crippen LogP contribution in [-0.4, -0.2) is 22.1 Å². The van der Waals surface area contributed by atoms with Crippen molar-refractivity contribution in [2.45, 2.75) is 41.2 Å². The van der Waals surface area contributed by atoms with Gasteiger partial charge in [-0.1, -0.05) is 34.6 Å². The van der Waals surface area contributed by atoms with Gasteiger partial charge in [-0.15, -0.1) is 0 Å². The molecule has 0 spiro atoms.